The molecule has 3 aromatic heterocycles. The van der Waals surface area contributed by atoms with Crippen molar-refractivity contribution in [1.82, 2.24) is 34.7 Å². The van der Waals surface area contributed by atoms with Gasteiger partial charge in [-0.05, 0) is 26.7 Å². The second-order valence-electron chi connectivity index (χ2n) is 8.31. The van der Waals surface area contributed by atoms with E-state index in [2.05, 4.69) is 34.9 Å². The van der Waals surface area contributed by atoms with Gasteiger partial charge >= 0.3 is 0 Å². The molecule has 2 atom stereocenters. The zero-order valence-electron chi connectivity index (χ0n) is 19.8. The van der Waals surface area contributed by atoms with Crippen LogP contribution in [0.15, 0.2) is 18.7 Å². The number of aromatic nitrogens is 7. The molecule has 1 aliphatic carbocycles. The standard InChI is InChI=1S/C21H28N8O4S/c1-12-9-23-16(10-22-12)13(2)14(3)34(30,31)28-21-27-26-18(15-7-6-8-15)29(21)17-19(32-4)24-11-25-20(17)33-5/h9-11,13-15H,6-8H2,1-5H3,(H,27,28). The molecular formula is C21H28N8O4S. The summed E-state index contributed by atoms with van der Waals surface area (Å²) in [4.78, 5) is 16.9. The molecule has 34 heavy (non-hydrogen) atoms. The molecule has 0 aliphatic heterocycles. The lowest BCUT2D eigenvalue weighted by atomic mass is 9.85. The van der Waals surface area contributed by atoms with Gasteiger partial charge in [0, 0.05) is 24.2 Å². The third-order valence-electron chi connectivity index (χ3n) is 6.22. The maximum atomic E-state index is 13.4. The number of anilines is 1. The van der Waals surface area contributed by atoms with Crippen LogP contribution in [0.3, 0.4) is 0 Å². The predicted molar refractivity (Wildman–Crippen MR) is 124 cm³/mol. The van der Waals surface area contributed by atoms with Crippen molar-refractivity contribution in [3.8, 4) is 17.4 Å². The van der Waals surface area contributed by atoms with Crippen molar-refractivity contribution in [2.75, 3.05) is 18.9 Å². The van der Waals surface area contributed by atoms with Crippen LogP contribution < -0.4 is 14.2 Å². The Labute approximate surface area is 198 Å². The zero-order valence-corrected chi connectivity index (χ0v) is 20.6. The summed E-state index contributed by atoms with van der Waals surface area (Å²) in [5.74, 6) is 0.743. The number of ether oxygens (including phenoxy) is 2. The van der Waals surface area contributed by atoms with Gasteiger partial charge in [0.1, 0.15) is 12.2 Å². The van der Waals surface area contributed by atoms with Crippen molar-refractivity contribution in [2.24, 2.45) is 0 Å². The molecule has 182 valence electrons. The van der Waals surface area contributed by atoms with Crippen LogP contribution in [0.4, 0.5) is 5.95 Å². The smallest absolute Gasteiger partial charge is 0.245 e. The first-order valence-corrected chi connectivity index (χ1v) is 12.5. The summed E-state index contributed by atoms with van der Waals surface area (Å²) in [5, 5.41) is 7.67. The van der Waals surface area contributed by atoms with Gasteiger partial charge in [-0.2, -0.15) is 9.97 Å². The van der Waals surface area contributed by atoms with E-state index in [1.165, 1.54) is 20.5 Å². The number of nitrogens with one attached hydrogen (secondary N) is 1. The SMILES string of the molecule is COc1ncnc(OC)c1-n1c(NS(=O)(=O)C(C)C(C)c2cnc(C)cn2)nnc1C1CCC1. The van der Waals surface area contributed by atoms with Crippen molar-refractivity contribution < 1.29 is 17.9 Å². The number of sulfonamides is 1. The molecule has 0 bridgehead atoms. The van der Waals surface area contributed by atoms with Crippen LogP contribution in [0.5, 0.6) is 11.8 Å². The average molecular weight is 489 g/mol. The summed E-state index contributed by atoms with van der Waals surface area (Å²) in [5.41, 5.74) is 1.68. The minimum Gasteiger partial charge on any atom is -0.479 e. The molecule has 4 rings (SSSR count). The first-order chi connectivity index (χ1) is 16.3. The van der Waals surface area contributed by atoms with Gasteiger partial charge in [0.2, 0.25) is 27.7 Å². The normalized spacial score (nSPS) is 15.9. The van der Waals surface area contributed by atoms with Gasteiger partial charge < -0.3 is 9.47 Å². The van der Waals surface area contributed by atoms with Gasteiger partial charge in [0.25, 0.3) is 0 Å². The van der Waals surface area contributed by atoms with E-state index in [1.807, 2.05) is 6.92 Å². The van der Waals surface area contributed by atoms with Crippen molar-refractivity contribution >= 4 is 16.0 Å². The Bertz CT molecular complexity index is 1240. The Balaban J connectivity index is 1.74. The summed E-state index contributed by atoms with van der Waals surface area (Å²) in [6.07, 6.45) is 7.43. The fraction of sp³-hybridized carbons (Fsp3) is 0.524. The molecule has 1 aliphatic rings. The van der Waals surface area contributed by atoms with Gasteiger partial charge in [-0.25, -0.2) is 8.42 Å². The second-order valence-corrected chi connectivity index (χ2v) is 10.3. The van der Waals surface area contributed by atoms with E-state index in [0.717, 1.165) is 25.0 Å². The molecule has 3 heterocycles. The molecular weight excluding hydrogens is 460 g/mol. The molecule has 0 radical (unpaired) electrons. The number of methoxy groups -OCH3 is 2. The van der Waals surface area contributed by atoms with E-state index in [4.69, 9.17) is 9.47 Å². The number of hydrogen-bond donors (Lipinski definition) is 1. The molecule has 1 N–H and O–H groups in total. The minimum atomic E-state index is -3.91. The van der Waals surface area contributed by atoms with E-state index in [1.54, 1.807) is 30.8 Å². The summed E-state index contributed by atoms with van der Waals surface area (Å²) in [6.45, 7) is 5.24. The van der Waals surface area contributed by atoms with Crippen LogP contribution in [-0.2, 0) is 10.0 Å². The lowest BCUT2D eigenvalue weighted by Crippen LogP contribution is -2.31. The lowest BCUT2D eigenvalue weighted by Gasteiger charge is -2.26. The van der Waals surface area contributed by atoms with E-state index in [0.29, 0.717) is 17.2 Å². The summed E-state index contributed by atoms with van der Waals surface area (Å²) in [7, 11) is -0.971. The Kier molecular flexibility index (Phi) is 6.64. The van der Waals surface area contributed by atoms with Crippen molar-refractivity contribution in [3.05, 3.63) is 35.9 Å². The van der Waals surface area contributed by atoms with E-state index in [-0.39, 0.29) is 23.6 Å². The highest BCUT2D eigenvalue weighted by Gasteiger charge is 2.34. The number of aryl methyl sites for hydroxylation is 1. The summed E-state index contributed by atoms with van der Waals surface area (Å²) in [6, 6.07) is 0. The molecule has 3 aromatic rings. The Morgan fingerprint density at radius 3 is 2.24 bits per heavy atom. The molecule has 0 amide bonds. The van der Waals surface area contributed by atoms with Crippen LogP contribution in [0.1, 0.15) is 62.2 Å². The van der Waals surface area contributed by atoms with Gasteiger partial charge in [-0.1, -0.05) is 13.3 Å². The molecule has 0 spiro atoms. The topological polar surface area (TPSA) is 147 Å². The largest absolute Gasteiger partial charge is 0.479 e. The molecule has 12 nitrogen and oxygen atoms in total. The highest BCUT2D eigenvalue weighted by molar-refractivity contribution is 7.93. The molecule has 1 fully saturated rings. The van der Waals surface area contributed by atoms with Crippen LogP contribution in [0, 0.1) is 6.92 Å². The quantitative estimate of drug-likeness (QED) is 0.476. The first kappa shape index (κ1) is 23.8. The van der Waals surface area contributed by atoms with E-state index in [9.17, 15) is 8.42 Å². The third kappa shape index (κ3) is 4.39. The minimum absolute atomic E-state index is 0.0161. The molecule has 0 aromatic carbocycles. The second kappa shape index (κ2) is 9.49. The van der Waals surface area contributed by atoms with Crippen LogP contribution >= 0.6 is 0 Å². The van der Waals surface area contributed by atoms with Crippen LogP contribution in [0.25, 0.3) is 5.69 Å². The Morgan fingerprint density at radius 2 is 1.71 bits per heavy atom. The van der Waals surface area contributed by atoms with Crippen molar-refractivity contribution in [1.29, 1.82) is 0 Å². The van der Waals surface area contributed by atoms with Gasteiger partial charge in [0.15, 0.2) is 5.69 Å². The summed E-state index contributed by atoms with van der Waals surface area (Å²) >= 11 is 0. The molecule has 13 heteroatoms. The summed E-state index contributed by atoms with van der Waals surface area (Å²) < 4.78 is 41.9. The number of rotatable bonds is 9. The highest BCUT2D eigenvalue weighted by atomic mass is 32.2. The number of hydrogen-bond acceptors (Lipinski definition) is 10. The Morgan fingerprint density at radius 1 is 1.03 bits per heavy atom. The van der Waals surface area contributed by atoms with Gasteiger partial charge in [0.05, 0.1) is 30.9 Å². The fourth-order valence-corrected chi connectivity index (χ4v) is 4.97. The first-order valence-electron chi connectivity index (χ1n) is 11.0. The monoisotopic (exact) mass is 488 g/mol. The van der Waals surface area contributed by atoms with Crippen LogP contribution in [0.2, 0.25) is 0 Å². The van der Waals surface area contributed by atoms with Crippen molar-refractivity contribution in [3.63, 3.8) is 0 Å². The van der Waals surface area contributed by atoms with Crippen LogP contribution in [-0.4, -0.2) is 62.6 Å². The zero-order chi connectivity index (χ0) is 24.5. The van der Waals surface area contributed by atoms with Crippen molar-refractivity contribution in [2.45, 2.75) is 57.1 Å². The lowest BCUT2D eigenvalue weighted by molar-refractivity contribution is 0.362. The van der Waals surface area contributed by atoms with E-state index < -0.39 is 21.2 Å². The van der Waals surface area contributed by atoms with Gasteiger partial charge in [-0.3, -0.25) is 19.3 Å². The highest BCUT2D eigenvalue weighted by Crippen LogP contribution is 2.40. The van der Waals surface area contributed by atoms with E-state index >= 15 is 0 Å². The average Bonchev–Trinajstić information content (AvgIpc) is 3.18. The Hall–Kier alpha value is -3.35. The maximum absolute atomic E-state index is 13.4. The predicted octanol–water partition coefficient (Wildman–Crippen LogP) is 2.37. The maximum Gasteiger partial charge on any atom is 0.245 e. The molecule has 0 saturated heterocycles. The third-order valence-corrected chi connectivity index (χ3v) is 8.07. The number of nitrogens with zero attached hydrogens (tertiary/aromatic N) is 7. The van der Waals surface area contributed by atoms with Gasteiger partial charge in [-0.15, -0.1) is 10.2 Å². The fourth-order valence-electron chi connectivity index (χ4n) is 3.72. The molecule has 2 unspecified atom stereocenters. The molecule has 1 saturated carbocycles.